The SMILES string of the molecule is Brc1ccc2sc3ccccc3c2c1.CC1(C)OB(c2ccc3c(c2)C2(c4ccccc4-3)c3ccccc3-c3c2cc2c4c(cccc34)-c3ccccc3-2)OC1(C)C.c1ccc2c(c1)-c1cccc3c4c(cc-2c13)C1(c2ccccc2-c2ccc(-c3ccc5sc6ccccc6c5c3)cc21)c1ccccc1-4. The third kappa shape index (κ3) is 8.07. The highest BCUT2D eigenvalue weighted by Gasteiger charge is 2.57. The Balaban J connectivity index is 0.000000109. The van der Waals surface area contributed by atoms with E-state index in [2.05, 4.69) is 359 Å². The molecule has 2 nitrogen and oxygen atoms in total. The van der Waals surface area contributed by atoms with Crippen LogP contribution in [0.5, 0.6) is 0 Å². The molecule has 1 saturated heterocycles. The van der Waals surface area contributed by atoms with Crippen molar-refractivity contribution in [3.63, 3.8) is 0 Å². The highest BCUT2D eigenvalue weighted by molar-refractivity contribution is 9.10. The van der Waals surface area contributed by atoms with Crippen LogP contribution in [0.15, 0.2) is 320 Å². The number of thiophene rings is 2. The second kappa shape index (κ2) is 22.0. The molecule has 6 heteroatoms. The highest BCUT2D eigenvalue weighted by atomic mass is 79.9. The van der Waals surface area contributed by atoms with Gasteiger partial charge in [-0.15, -0.1) is 22.7 Å². The quantitative estimate of drug-likeness (QED) is 0.161. The summed E-state index contributed by atoms with van der Waals surface area (Å²) in [6.07, 6.45) is 0. The predicted octanol–water partition coefficient (Wildman–Crippen LogP) is 26.8. The van der Waals surface area contributed by atoms with Gasteiger partial charge in [-0.2, -0.15) is 0 Å². The summed E-state index contributed by atoms with van der Waals surface area (Å²) < 4.78 is 19.7. The van der Waals surface area contributed by atoms with E-state index in [-0.39, 0.29) is 0 Å². The fourth-order valence-electron chi connectivity index (χ4n) is 19.9. The van der Waals surface area contributed by atoms with E-state index in [0.29, 0.717) is 0 Å². The Morgan fingerprint density at radius 2 is 0.613 bits per heavy atom. The molecule has 0 bridgehead atoms. The van der Waals surface area contributed by atoms with Gasteiger partial charge in [-0.25, -0.2) is 0 Å². The number of fused-ring (bicyclic) bond motifs is 34. The lowest BCUT2D eigenvalue weighted by atomic mass is 9.68. The molecule has 3 heterocycles. The Hall–Kier alpha value is -11.1. The average molecular weight is 1450 g/mol. The Bertz CT molecular complexity index is 6950. The minimum Gasteiger partial charge on any atom is -0.399 e. The Morgan fingerprint density at radius 3 is 1.13 bits per heavy atom. The summed E-state index contributed by atoms with van der Waals surface area (Å²) in [4.78, 5) is 0. The smallest absolute Gasteiger partial charge is 0.399 e. The second-order valence-electron chi connectivity index (χ2n) is 30.6. The van der Waals surface area contributed by atoms with Gasteiger partial charge in [0.05, 0.1) is 22.0 Å². The van der Waals surface area contributed by atoms with Crippen molar-refractivity contribution in [3.8, 4) is 100 Å². The van der Waals surface area contributed by atoms with Crippen LogP contribution in [0.1, 0.15) is 72.2 Å². The lowest BCUT2D eigenvalue weighted by molar-refractivity contribution is 0.00578. The normalized spacial score (nSPS) is 17.2. The van der Waals surface area contributed by atoms with Crippen molar-refractivity contribution in [2.24, 2.45) is 0 Å². The molecule has 18 aromatic rings. The van der Waals surface area contributed by atoms with E-state index in [1.165, 1.54) is 207 Å². The van der Waals surface area contributed by atoms with E-state index < -0.39 is 29.2 Å². The molecular weight excluding hydrogens is 1390 g/mol. The van der Waals surface area contributed by atoms with E-state index in [1.807, 2.05) is 22.7 Å². The zero-order valence-corrected chi connectivity index (χ0v) is 61.8. The van der Waals surface area contributed by atoms with Crippen LogP contribution in [0.2, 0.25) is 0 Å². The van der Waals surface area contributed by atoms with Gasteiger partial charge in [0.2, 0.25) is 0 Å². The summed E-state index contributed by atoms with van der Waals surface area (Å²) in [6, 6.07) is 118. The fourth-order valence-corrected chi connectivity index (χ4v) is 22.4. The van der Waals surface area contributed by atoms with E-state index in [4.69, 9.17) is 9.31 Å². The minimum absolute atomic E-state index is 0.405. The van der Waals surface area contributed by atoms with Crippen LogP contribution in [-0.4, -0.2) is 18.3 Å². The summed E-state index contributed by atoms with van der Waals surface area (Å²) in [7, 11) is -0.425. The van der Waals surface area contributed by atoms with Crippen LogP contribution >= 0.6 is 38.6 Å². The first-order chi connectivity index (χ1) is 52.0. The molecule has 106 heavy (non-hydrogen) atoms. The summed E-state index contributed by atoms with van der Waals surface area (Å²) in [5.41, 5.74) is 34.3. The summed E-state index contributed by atoms with van der Waals surface area (Å²) in [5, 5.41) is 10.8. The van der Waals surface area contributed by atoms with Gasteiger partial charge in [-0.1, -0.05) is 271 Å². The van der Waals surface area contributed by atoms with Gasteiger partial charge < -0.3 is 9.31 Å². The van der Waals surface area contributed by atoms with Gasteiger partial charge in [-0.05, 0) is 260 Å². The van der Waals surface area contributed by atoms with Crippen LogP contribution in [0.25, 0.3) is 162 Å². The van der Waals surface area contributed by atoms with Crippen LogP contribution in [0.3, 0.4) is 0 Å². The topological polar surface area (TPSA) is 18.5 Å². The molecule has 7 aliphatic rings. The van der Waals surface area contributed by atoms with Crippen LogP contribution in [0.4, 0.5) is 0 Å². The van der Waals surface area contributed by atoms with Crippen molar-refractivity contribution in [1.29, 1.82) is 0 Å². The van der Waals surface area contributed by atoms with Crippen LogP contribution in [-0.2, 0) is 20.1 Å². The maximum absolute atomic E-state index is 6.59. The molecule has 0 saturated carbocycles. The van der Waals surface area contributed by atoms with Crippen LogP contribution < -0.4 is 5.46 Å². The number of rotatable bonds is 2. The maximum Gasteiger partial charge on any atom is 0.494 e. The molecule has 1 fully saturated rings. The lowest BCUT2D eigenvalue weighted by Gasteiger charge is -2.32. The standard InChI is InChI=1S/C47H26S.C41H31BO2.C12H7BrS/c1-2-11-30-29(10-1)34-15-9-16-36-45(34)38(30)26-42-46(36)35-14-4-7-18-40(35)47(42)39-17-6-3-12-31(39)32-22-20-28(25-41(32)47)27-21-23-44-37(24-27)33-13-5-8-19-43(33)48-44;1-39(2)40(3,4)44-42(43-39)24-20-21-28-27-14-7-9-18-33(27)41(35(28)22-24)34-19-10-8-15-30(34)38-31-17-11-16-29-25-12-5-6-13-26(25)32(37(29)31)23-36(38)41;13-8-5-6-12-10(7-8)9-3-1-2-4-11(9)14-12/h1-26H;5-23H,1-4H3;1-7H. The summed E-state index contributed by atoms with van der Waals surface area (Å²) >= 11 is 7.24. The van der Waals surface area contributed by atoms with E-state index in [1.54, 1.807) is 0 Å². The first-order valence-electron chi connectivity index (χ1n) is 36.9. The third-order valence-corrected chi connectivity index (χ3v) is 27.8. The van der Waals surface area contributed by atoms with Crippen LogP contribution in [0, 0.1) is 0 Å². The Morgan fingerprint density at radius 1 is 0.255 bits per heavy atom. The van der Waals surface area contributed by atoms with Gasteiger partial charge >= 0.3 is 7.12 Å². The van der Waals surface area contributed by atoms with Crippen molar-refractivity contribution in [3.05, 3.63) is 364 Å². The van der Waals surface area contributed by atoms with Gasteiger partial charge in [-0.3, -0.25) is 0 Å². The first-order valence-corrected chi connectivity index (χ1v) is 39.3. The molecule has 25 rings (SSSR count). The van der Waals surface area contributed by atoms with E-state index in [0.717, 1.165) is 9.94 Å². The molecule has 2 atom stereocenters. The molecule has 2 unspecified atom stereocenters. The zero-order valence-electron chi connectivity index (χ0n) is 58.6. The lowest BCUT2D eigenvalue weighted by Crippen LogP contribution is -2.41. The Labute approximate surface area is 631 Å². The molecule has 1 aliphatic heterocycles. The molecular formula is C100H64BBrO2S2. The molecule has 498 valence electrons. The molecule has 2 aromatic heterocycles. The van der Waals surface area contributed by atoms with E-state index >= 15 is 0 Å². The highest BCUT2D eigenvalue weighted by Crippen LogP contribution is 2.68. The van der Waals surface area contributed by atoms with Crippen molar-refractivity contribution < 1.29 is 9.31 Å². The van der Waals surface area contributed by atoms with Crippen molar-refractivity contribution >= 4 is 113 Å². The van der Waals surface area contributed by atoms with Gasteiger partial charge in [0.15, 0.2) is 0 Å². The molecule has 6 aliphatic carbocycles. The second-order valence-corrected chi connectivity index (χ2v) is 33.7. The van der Waals surface area contributed by atoms with Gasteiger partial charge in [0.1, 0.15) is 0 Å². The number of hydrogen-bond donors (Lipinski definition) is 0. The molecule has 0 amide bonds. The number of benzene rings is 16. The third-order valence-electron chi connectivity index (χ3n) is 25.0. The fraction of sp³-hybridized carbons (Fsp3) is 0.0800. The Kier molecular flexibility index (Phi) is 12.7. The zero-order chi connectivity index (χ0) is 70.3. The number of hydrogen-bond acceptors (Lipinski definition) is 4. The van der Waals surface area contributed by atoms with Crippen molar-refractivity contribution in [2.75, 3.05) is 0 Å². The predicted molar refractivity (Wildman–Crippen MR) is 450 cm³/mol. The summed E-state index contributed by atoms with van der Waals surface area (Å²) in [6.45, 7) is 8.51. The van der Waals surface area contributed by atoms with Crippen molar-refractivity contribution in [1.82, 2.24) is 0 Å². The number of halogens is 1. The maximum atomic E-state index is 6.59. The van der Waals surface area contributed by atoms with Gasteiger partial charge in [0, 0.05) is 44.8 Å². The molecule has 16 aromatic carbocycles. The minimum atomic E-state index is -0.449. The largest absolute Gasteiger partial charge is 0.494 e. The van der Waals surface area contributed by atoms with Gasteiger partial charge in [0.25, 0.3) is 0 Å². The average Bonchev–Trinajstić information content (AvgIpc) is 1.50. The monoisotopic (exact) mass is 1450 g/mol. The van der Waals surface area contributed by atoms with Crippen molar-refractivity contribution in [2.45, 2.75) is 49.7 Å². The summed E-state index contributed by atoms with van der Waals surface area (Å²) in [5.74, 6) is 0. The first kappa shape index (κ1) is 61.3. The van der Waals surface area contributed by atoms with E-state index in [9.17, 15) is 0 Å². The molecule has 0 N–H and O–H groups in total. The molecule has 2 spiro atoms. The molecule has 0 radical (unpaired) electrons.